The molecule has 0 unspecified atom stereocenters. The van der Waals surface area contributed by atoms with Gasteiger partial charge in [0.2, 0.25) is 0 Å². The highest BCUT2D eigenvalue weighted by Gasteiger charge is 2.17. The lowest BCUT2D eigenvalue weighted by atomic mass is 10.1. The molecule has 2 aromatic carbocycles. The first-order chi connectivity index (χ1) is 14.5. The number of ketones is 1. The van der Waals surface area contributed by atoms with Crippen molar-refractivity contribution >= 4 is 28.7 Å². The first kappa shape index (κ1) is 20.3. The maximum absolute atomic E-state index is 12.7. The Morgan fingerprint density at radius 1 is 1.03 bits per heavy atom. The number of hydrogen-bond donors (Lipinski definition) is 0. The Balaban J connectivity index is 1.55. The molecular formula is C24H19ClN2O2S. The molecule has 0 amide bonds. The van der Waals surface area contributed by atoms with Crippen molar-refractivity contribution in [3.63, 3.8) is 0 Å². The van der Waals surface area contributed by atoms with Crippen molar-refractivity contribution in [3.8, 4) is 16.3 Å². The number of Topliss-reactive ketones (excluding diaryl/α,β-unsaturated/α-hetero) is 1. The Hall–Kier alpha value is -3.02. The number of halogens is 1. The molecule has 0 spiro atoms. The van der Waals surface area contributed by atoms with E-state index in [1.807, 2.05) is 55.5 Å². The highest BCUT2D eigenvalue weighted by molar-refractivity contribution is 7.16. The molecule has 30 heavy (non-hydrogen) atoms. The molecule has 0 fully saturated rings. The smallest absolute Gasteiger partial charge is 0.257 e. The van der Waals surface area contributed by atoms with Crippen LogP contribution in [0.2, 0.25) is 5.02 Å². The van der Waals surface area contributed by atoms with E-state index in [9.17, 15) is 9.59 Å². The normalized spacial score (nSPS) is 10.9. The van der Waals surface area contributed by atoms with Crippen LogP contribution >= 0.6 is 22.9 Å². The number of rotatable bonds is 6. The summed E-state index contributed by atoms with van der Waals surface area (Å²) in [5, 5.41) is 1.15. The van der Waals surface area contributed by atoms with Crippen molar-refractivity contribution < 1.29 is 4.79 Å². The lowest BCUT2D eigenvalue weighted by molar-refractivity contribution is 0.0986. The predicted octanol–water partition coefficient (Wildman–Crippen LogP) is 5.74. The van der Waals surface area contributed by atoms with Crippen LogP contribution in [-0.2, 0) is 6.42 Å². The molecule has 0 N–H and O–H groups in total. The van der Waals surface area contributed by atoms with Crippen LogP contribution in [0, 0.1) is 6.92 Å². The minimum absolute atomic E-state index is 0.0472. The van der Waals surface area contributed by atoms with Crippen LogP contribution in [0.1, 0.15) is 27.3 Å². The van der Waals surface area contributed by atoms with E-state index in [1.54, 1.807) is 24.4 Å². The molecule has 4 rings (SSSR count). The summed E-state index contributed by atoms with van der Waals surface area (Å²) in [5.41, 5.74) is 3.31. The van der Waals surface area contributed by atoms with Gasteiger partial charge in [-0.05, 0) is 48.2 Å². The quantitative estimate of drug-likeness (QED) is 0.364. The van der Waals surface area contributed by atoms with Crippen molar-refractivity contribution in [1.82, 2.24) is 9.55 Å². The van der Waals surface area contributed by atoms with Gasteiger partial charge >= 0.3 is 0 Å². The first-order valence-electron chi connectivity index (χ1n) is 9.55. The molecule has 0 bridgehead atoms. The summed E-state index contributed by atoms with van der Waals surface area (Å²) < 4.78 is 1.48. The van der Waals surface area contributed by atoms with E-state index >= 15 is 0 Å². The number of pyridine rings is 1. The summed E-state index contributed by atoms with van der Waals surface area (Å²) >= 11 is 7.19. The van der Waals surface area contributed by atoms with Gasteiger partial charge < -0.3 is 0 Å². The van der Waals surface area contributed by atoms with Gasteiger partial charge in [0.25, 0.3) is 5.56 Å². The van der Waals surface area contributed by atoms with Gasteiger partial charge in [-0.3, -0.25) is 14.2 Å². The molecular weight excluding hydrogens is 416 g/mol. The van der Waals surface area contributed by atoms with E-state index < -0.39 is 0 Å². The van der Waals surface area contributed by atoms with Crippen LogP contribution in [0.5, 0.6) is 0 Å². The van der Waals surface area contributed by atoms with Crippen LogP contribution in [0.25, 0.3) is 16.3 Å². The average molecular weight is 435 g/mol. The van der Waals surface area contributed by atoms with E-state index in [0.29, 0.717) is 33.6 Å². The Morgan fingerprint density at radius 2 is 1.77 bits per heavy atom. The number of nitrogens with zero attached hydrogens (tertiary/aromatic N) is 2. The van der Waals surface area contributed by atoms with Crippen molar-refractivity contribution in [1.29, 1.82) is 0 Å². The van der Waals surface area contributed by atoms with Crippen molar-refractivity contribution in [3.05, 3.63) is 104 Å². The molecule has 2 aromatic heterocycles. The Bertz CT molecular complexity index is 1240. The fourth-order valence-electron chi connectivity index (χ4n) is 3.22. The topological polar surface area (TPSA) is 52.0 Å². The number of aromatic nitrogens is 2. The summed E-state index contributed by atoms with van der Waals surface area (Å²) in [4.78, 5) is 30.5. The lowest BCUT2D eigenvalue weighted by Crippen LogP contribution is -2.16. The molecule has 4 aromatic rings. The van der Waals surface area contributed by atoms with E-state index in [1.165, 1.54) is 15.9 Å². The number of hydrogen-bond acceptors (Lipinski definition) is 4. The number of benzene rings is 2. The third-order valence-corrected chi connectivity index (χ3v) is 6.28. The first-order valence-corrected chi connectivity index (χ1v) is 10.7. The summed E-state index contributed by atoms with van der Waals surface area (Å²) in [6, 6.07) is 20.7. The monoisotopic (exact) mass is 434 g/mol. The number of aryl methyl sites for hydroxylation is 2. The molecule has 4 nitrogen and oxygen atoms in total. The third kappa shape index (κ3) is 4.42. The standard InChI is InChI=1S/C24H19ClN2O2S/c1-16-23(21(28)12-7-17-5-3-2-4-6-17)30-24(26-16)27-14-13-19(15-22(27)29)18-8-10-20(25)11-9-18/h2-6,8-11,13-15H,7,12H2,1H3. The van der Waals surface area contributed by atoms with E-state index in [-0.39, 0.29) is 11.3 Å². The van der Waals surface area contributed by atoms with Gasteiger partial charge in [0.1, 0.15) is 0 Å². The molecule has 2 heterocycles. The highest BCUT2D eigenvalue weighted by atomic mass is 35.5. The van der Waals surface area contributed by atoms with Crippen LogP contribution in [-0.4, -0.2) is 15.3 Å². The summed E-state index contributed by atoms with van der Waals surface area (Å²) in [6.07, 6.45) is 2.79. The van der Waals surface area contributed by atoms with Gasteiger partial charge in [-0.2, -0.15) is 0 Å². The summed E-state index contributed by atoms with van der Waals surface area (Å²) in [7, 11) is 0. The van der Waals surface area contributed by atoms with Crippen LogP contribution in [0.4, 0.5) is 0 Å². The third-order valence-electron chi connectivity index (χ3n) is 4.83. The number of carbonyl (C=O) groups excluding carboxylic acids is 1. The SMILES string of the molecule is Cc1nc(-n2ccc(-c3ccc(Cl)cc3)cc2=O)sc1C(=O)CCc1ccccc1. The molecule has 6 heteroatoms. The van der Waals surface area contributed by atoms with Crippen molar-refractivity contribution in [2.45, 2.75) is 19.8 Å². The van der Waals surface area contributed by atoms with Crippen LogP contribution < -0.4 is 5.56 Å². The van der Waals surface area contributed by atoms with Gasteiger partial charge in [0.15, 0.2) is 10.9 Å². The maximum atomic E-state index is 12.7. The van der Waals surface area contributed by atoms with Gasteiger partial charge in [-0.25, -0.2) is 4.98 Å². The predicted molar refractivity (Wildman–Crippen MR) is 122 cm³/mol. The second kappa shape index (κ2) is 8.78. The molecule has 0 saturated heterocycles. The summed E-state index contributed by atoms with van der Waals surface area (Å²) in [5.74, 6) is 0.0472. The summed E-state index contributed by atoms with van der Waals surface area (Å²) in [6.45, 7) is 1.81. The maximum Gasteiger partial charge on any atom is 0.257 e. The van der Waals surface area contributed by atoms with Crippen molar-refractivity contribution in [2.24, 2.45) is 0 Å². The van der Waals surface area contributed by atoms with Crippen LogP contribution in [0.15, 0.2) is 77.7 Å². The van der Waals surface area contributed by atoms with Gasteiger partial charge in [-0.15, -0.1) is 0 Å². The minimum Gasteiger partial charge on any atom is -0.293 e. The zero-order valence-corrected chi connectivity index (χ0v) is 17.9. The molecule has 0 atom stereocenters. The van der Waals surface area contributed by atoms with E-state index in [4.69, 9.17) is 11.6 Å². The molecule has 0 aliphatic rings. The average Bonchev–Trinajstić information content (AvgIpc) is 3.14. The fourth-order valence-corrected chi connectivity index (χ4v) is 4.37. The largest absolute Gasteiger partial charge is 0.293 e. The lowest BCUT2D eigenvalue weighted by Gasteiger charge is -2.04. The molecule has 150 valence electrons. The number of carbonyl (C=O) groups is 1. The molecule has 0 saturated carbocycles. The van der Waals surface area contributed by atoms with Crippen LogP contribution in [0.3, 0.4) is 0 Å². The van der Waals surface area contributed by atoms with Gasteiger partial charge in [-0.1, -0.05) is 65.4 Å². The molecule has 0 aliphatic carbocycles. The zero-order chi connectivity index (χ0) is 21.1. The zero-order valence-electron chi connectivity index (χ0n) is 16.3. The number of thiazole rings is 1. The van der Waals surface area contributed by atoms with Gasteiger partial charge in [0, 0.05) is 23.7 Å². The van der Waals surface area contributed by atoms with Crippen molar-refractivity contribution in [2.75, 3.05) is 0 Å². The highest BCUT2D eigenvalue weighted by Crippen LogP contribution is 2.24. The second-order valence-corrected chi connectivity index (χ2v) is 8.36. The van der Waals surface area contributed by atoms with E-state index in [0.717, 1.165) is 16.7 Å². The Kier molecular flexibility index (Phi) is 5.93. The molecule has 0 aliphatic heterocycles. The van der Waals surface area contributed by atoms with Gasteiger partial charge in [0.05, 0.1) is 10.6 Å². The fraction of sp³-hybridized carbons (Fsp3) is 0.125. The minimum atomic E-state index is -0.195. The van der Waals surface area contributed by atoms with E-state index in [2.05, 4.69) is 4.98 Å². The Morgan fingerprint density at radius 3 is 2.47 bits per heavy atom. The second-order valence-electron chi connectivity index (χ2n) is 6.95. The Labute approximate surface area is 183 Å². The molecule has 0 radical (unpaired) electrons.